The average molecular weight is 246 g/mol. The summed E-state index contributed by atoms with van der Waals surface area (Å²) in [6.07, 6.45) is 2.50. The highest BCUT2D eigenvalue weighted by Gasteiger charge is 2.05. The molecule has 0 aliphatic rings. The summed E-state index contributed by atoms with van der Waals surface area (Å²) in [5.74, 6) is 0.856. The van der Waals surface area contributed by atoms with Crippen molar-refractivity contribution < 1.29 is 9.47 Å². The zero-order valence-electron chi connectivity index (χ0n) is 9.49. The van der Waals surface area contributed by atoms with E-state index in [1.54, 1.807) is 7.05 Å². The van der Waals surface area contributed by atoms with Gasteiger partial charge in [-0.25, -0.2) is 4.98 Å². The fraction of sp³-hybridized carbons (Fsp3) is 0.600. The first-order valence-corrected chi connectivity index (χ1v) is 5.56. The van der Waals surface area contributed by atoms with Gasteiger partial charge >= 0.3 is 0 Å². The molecular weight excluding hydrogens is 230 g/mol. The Hall–Kier alpha value is -1.07. The van der Waals surface area contributed by atoms with E-state index in [-0.39, 0.29) is 0 Å². The molecule has 16 heavy (non-hydrogen) atoms. The third-order valence-electron chi connectivity index (χ3n) is 1.75. The molecule has 0 spiro atoms. The van der Waals surface area contributed by atoms with E-state index in [2.05, 4.69) is 22.2 Å². The van der Waals surface area contributed by atoms with E-state index in [1.165, 1.54) is 6.20 Å². The van der Waals surface area contributed by atoms with Gasteiger partial charge in [0.05, 0.1) is 12.8 Å². The van der Waals surface area contributed by atoms with E-state index in [4.69, 9.17) is 21.1 Å². The highest BCUT2D eigenvalue weighted by atomic mass is 35.5. The first-order valence-electron chi connectivity index (χ1n) is 5.18. The number of nitrogens with one attached hydrogen (secondary N) is 1. The zero-order chi connectivity index (χ0) is 11.8. The molecule has 0 aromatic carbocycles. The van der Waals surface area contributed by atoms with Gasteiger partial charge in [0.1, 0.15) is 11.6 Å². The molecule has 1 rings (SSSR count). The summed E-state index contributed by atoms with van der Waals surface area (Å²) < 4.78 is 10.7. The van der Waals surface area contributed by atoms with Crippen molar-refractivity contribution in [3.05, 3.63) is 11.2 Å². The monoisotopic (exact) mass is 245 g/mol. The molecule has 0 fully saturated rings. The van der Waals surface area contributed by atoms with Gasteiger partial charge in [-0.3, -0.25) is 0 Å². The summed E-state index contributed by atoms with van der Waals surface area (Å²) in [7, 11) is 1.73. The Morgan fingerprint density at radius 3 is 2.88 bits per heavy atom. The Kier molecular flexibility index (Phi) is 5.88. The van der Waals surface area contributed by atoms with Crippen LogP contribution in [0.25, 0.3) is 0 Å². The largest absolute Gasteiger partial charge is 0.474 e. The molecule has 0 saturated heterocycles. The Bertz CT molecular complexity index is 323. The number of halogens is 1. The Balaban J connectivity index is 2.40. The molecule has 0 unspecified atom stereocenters. The number of hydrogen-bond donors (Lipinski definition) is 1. The van der Waals surface area contributed by atoms with Crippen LogP contribution in [0.15, 0.2) is 6.20 Å². The lowest BCUT2D eigenvalue weighted by Crippen LogP contribution is -2.09. The van der Waals surface area contributed by atoms with Gasteiger partial charge in [0.25, 0.3) is 0 Å². The molecule has 90 valence electrons. The summed E-state index contributed by atoms with van der Waals surface area (Å²) in [4.78, 5) is 8.03. The lowest BCUT2D eigenvalue weighted by atomic mass is 10.5. The van der Waals surface area contributed by atoms with Gasteiger partial charge in [0.2, 0.25) is 11.8 Å². The van der Waals surface area contributed by atoms with Crippen LogP contribution in [0.1, 0.15) is 13.3 Å². The van der Waals surface area contributed by atoms with E-state index < -0.39 is 0 Å². The molecule has 1 N–H and O–H groups in total. The van der Waals surface area contributed by atoms with Crippen LogP contribution in [0.3, 0.4) is 0 Å². The minimum Gasteiger partial charge on any atom is -0.474 e. The Morgan fingerprint density at radius 2 is 2.19 bits per heavy atom. The topological polar surface area (TPSA) is 56.3 Å². The quantitative estimate of drug-likeness (QED) is 0.745. The van der Waals surface area contributed by atoms with Crippen LogP contribution in [0.4, 0.5) is 5.95 Å². The maximum atomic E-state index is 5.87. The molecule has 1 heterocycles. The summed E-state index contributed by atoms with van der Waals surface area (Å²) >= 11 is 5.87. The van der Waals surface area contributed by atoms with Crippen molar-refractivity contribution in [1.29, 1.82) is 0 Å². The van der Waals surface area contributed by atoms with E-state index in [0.29, 0.717) is 30.1 Å². The number of aromatic nitrogens is 2. The van der Waals surface area contributed by atoms with Gasteiger partial charge in [0, 0.05) is 13.7 Å². The van der Waals surface area contributed by atoms with Crippen molar-refractivity contribution in [3.63, 3.8) is 0 Å². The molecule has 1 aromatic heterocycles. The lowest BCUT2D eigenvalue weighted by molar-refractivity contribution is 0.0990. The standard InChI is InChI=1S/C10H16ClN3O2/c1-3-4-15-5-6-16-9-8(11)7-13-10(12-2)14-9/h7H,3-6H2,1-2H3,(H,12,13,14). The van der Waals surface area contributed by atoms with Crippen LogP contribution >= 0.6 is 11.6 Å². The number of hydrogen-bond acceptors (Lipinski definition) is 5. The molecule has 6 heteroatoms. The minimum atomic E-state index is 0.376. The molecule has 0 amide bonds. The molecule has 5 nitrogen and oxygen atoms in total. The molecule has 0 aliphatic heterocycles. The van der Waals surface area contributed by atoms with Crippen LogP contribution < -0.4 is 10.1 Å². The van der Waals surface area contributed by atoms with Crippen LogP contribution in [0.2, 0.25) is 5.02 Å². The fourth-order valence-electron chi connectivity index (χ4n) is 1.02. The first-order chi connectivity index (χ1) is 7.77. The highest BCUT2D eigenvalue weighted by Crippen LogP contribution is 2.21. The Labute approximate surface area is 100 Å². The van der Waals surface area contributed by atoms with Crippen molar-refractivity contribution in [3.8, 4) is 5.88 Å². The summed E-state index contributed by atoms with van der Waals surface area (Å²) in [5.41, 5.74) is 0. The first kappa shape index (κ1) is 13.0. The van der Waals surface area contributed by atoms with E-state index in [0.717, 1.165) is 13.0 Å². The third kappa shape index (κ3) is 4.20. The summed E-state index contributed by atoms with van der Waals surface area (Å²) in [6, 6.07) is 0. The molecule has 0 bridgehead atoms. The zero-order valence-corrected chi connectivity index (χ0v) is 10.3. The second-order valence-corrected chi connectivity index (χ2v) is 3.46. The van der Waals surface area contributed by atoms with Crippen LogP contribution in [-0.2, 0) is 4.74 Å². The SMILES string of the molecule is CCCOCCOc1nc(NC)ncc1Cl. The van der Waals surface area contributed by atoms with Gasteiger partial charge < -0.3 is 14.8 Å². The van der Waals surface area contributed by atoms with Gasteiger partial charge in [-0.1, -0.05) is 18.5 Å². The molecule has 0 aliphatic carbocycles. The van der Waals surface area contributed by atoms with Gasteiger partial charge in [-0.15, -0.1) is 0 Å². The van der Waals surface area contributed by atoms with E-state index in [9.17, 15) is 0 Å². The molecular formula is C10H16ClN3O2. The van der Waals surface area contributed by atoms with Crippen LogP contribution in [-0.4, -0.2) is 36.8 Å². The van der Waals surface area contributed by atoms with Crippen molar-refractivity contribution in [2.75, 3.05) is 32.2 Å². The van der Waals surface area contributed by atoms with Gasteiger partial charge in [-0.05, 0) is 6.42 Å². The van der Waals surface area contributed by atoms with Crippen molar-refractivity contribution >= 4 is 17.5 Å². The lowest BCUT2D eigenvalue weighted by Gasteiger charge is -2.08. The average Bonchev–Trinajstić information content (AvgIpc) is 2.31. The predicted molar refractivity (Wildman–Crippen MR) is 63.2 cm³/mol. The van der Waals surface area contributed by atoms with Gasteiger partial charge in [-0.2, -0.15) is 4.98 Å². The molecule has 1 aromatic rings. The maximum Gasteiger partial charge on any atom is 0.237 e. The minimum absolute atomic E-state index is 0.376. The number of rotatable bonds is 7. The number of anilines is 1. The fourth-order valence-corrected chi connectivity index (χ4v) is 1.16. The number of nitrogens with zero attached hydrogens (tertiary/aromatic N) is 2. The number of ether oxygens (including phenoxy) is 2. The highest BCUT2D eigenvalue weighted by molar-refractivity contribution is 6.31. The second kappa shape index (κ2) is 7.24. The van der Waals surface area contributed by atoms with Crippen LogP contribution in [0, 0.1) is 0 Å². The normalized spacial score (nSPS) is 10.2. The second-order valence-electron chi connectivity index (χ2n) is 3.06. The van der Waals surface area contributed by atoms with Crippen molar-refractivity contribution in [2.45, 2.75) is 13.3 Å². The van der Waals surface area contributed by atoms with E-state index in [1.807, 2.05) is 0 Å². The summed E-state index contributed by atoms with van der Waals surface area (Å²) in [5, 5.41) is 3.21. The smallest absolute Gasteiger partial charge is 0.237 e. The van der Waals surface area contributed by atoms with Crippen LogP contribution in [0.5, 0.6) is 5.88 Å². The molecule has 0 atom stereocenters. The third-order valence-corrected chi connectivity index (χ3v) is 2.01. The van der Waals surface area contributed by atoms with E-state index >= 15 is 0 Å². The molecule has 0 saturated carbocycles. The van der Waals surface area contributed by atoms with Crippen molar-refractivity contribution in [1.82, 2.24) is 9.97 Å². The van der Waals surface area contributed by atoms with Gasteiger partial charge in [0.15, 0.2) is 0 Å². The molecule has 0 radical (unpaired) electrons. The van der Waals surface area contributed by atoms with Crippen molar-refractivity contribution in [2.24, 2.45) is 0 Å². The summed E-state index contributed by atoms with van der Waals surface area (Å²) in [6.45, 7) is 3.76. The maximum absolute atomic E-state index is 5.87. The Morgan fingerprint density at radius 1 is 1.38 bits per heavy atom. The predicted octanol–water partition coefficient (Wildman–Crippen LogP) is 1.98.